The fourth-order valence-electron chi connectivity index (χ4n) is 1.32. The molecule has 1 atom stereocenters. The molecule has 0 aliphatic rings. The zero-order valence-corrected chi connectivity index (χ0v) is 9.68. The van der Waals surface area contributed by atoms with Gasteiger partial charge in [-0.15, -0.1) is 0 Å². The first-order chi connectivity index (χ1) is 7.74. The molecule has 0 fully saturated rings. The summed E-state index contributed by atoms with van der Waals surface area (Å²) in [4.78, 5) is 15.0. The first-order valence-electron chi connectivity index (χ1n) is 5.32. The SMILES string of the molecule is COC(=O)C(C)OCCCc1ccncc1. The second-order valence-electron chi connectivity index (χ2n) is 3.50. The lowest BCUT2D eigenvalue weighted by molar-refractivity contribution is -0.152. The van der Waals surface area contributed by atoms with Crippen LogP contribution in [0.4, 0.5) is 0 Å². The van der Waals surface area contributed by atoms with Crippen molar-refractivity contribution >= 4 is 5.97 Å². The molecule has 4 nitrogen and oxygen atoms in total. The van der Waals surface area contributed by atoms with Crippen molar-refractivity contribution in [2.75, 3.05) is 13.7 Å². The zero-order valence-electron chi connectivity index (χ0n) is 9.68. The van der Waals surface area contributed by atoms with E-state index in [9.17, 15) is 4.79 Å². The molecule has 16 heavy (non-hydrogen) atoms. The number of hydrogen-bond acceptors (Lipinski definition) is 4. The highest BCUT2D eigenvalue weighted by molar-refractivity contribution is 5.73. The van der Waals surface area contributed by atoms with Crippen LogP contribution in [0, 0.1) is 0 Å². The van der Waals surface area contributed by atoms with Crippen molar-refractivity contribution in [1.82, 2.24) is 4.98 Å². The Morgan fingerprint density at radius 2 is 2.12 bits per heavy atom. The predicted molar refractivity (Wildman–Crippen MR) is 60.0 cm³/mol. The van der Waals surface area contributed by atoms with Crippen molar-refractivity contribution in [3.05, 3.63) is 30.1 Å². The molecular weight excluding hydrogens is 206 g/mol. The number of carbonyl (C=O) groups excluding carboxylic acids is 1. The number of aromatic nitrogens is 1. The van der Waals surface area contributed by atoms with E-state index in [0.717, 1.165) is 12.8 Å². The number of nitrogens with zero attached hydrogens (tertiary/aromatic N) is 1. The lowest BCUT2D eigenvalue weighted by Crippen LogP contribution is -2.22. The standard InChI is InChI=1S/C12H17NO3/c1-10(12(14)15-2)16-9-3-4-11-5-7-13-8-6-11/h5-8,10H,3-4,9H2,1-2H3. The smallest absolute Gasteiger partial charge is 0.334 e. The van der Waals surface area contributed by atoms with Gasteiger partial charge in [0.25, 0.3) is 0 Å². The van der Waals surface area contributed by atoms with Gasteiger partial charge in [-0.1, -0.05) is 0 Å². The van der Waals surface area contributed by atoms with Gasteiger partial charge in [0.1, 0.15) is 0 Å². The Morgan fingerprint density at radius 3 is 2.75 bits per heavy atom. The normalized spacial score (nSPS) is 12.1. The third-order valence-electron chi connectivity index (χ3n) is 2.26. The number of hydrogen-bond donors (Lipinski definition) is 0. The van der Waals surface area contributed by atoms with Crippen LogP contribution in [0.3, 0.4) is 0 Å². The highest BCUT2D eigenvalue weighted by atomic mass is 16.6. The molecule has 4 heteroatoms. The van der Waals surface area contributed by atoms with Crippen LogP contribution < -0.4 is 0 Å². The van der Waals surface area contributed by atoms with E-state index in [1.165, 1.54) is 12.7 Å². The maximum absolute atomic E-state index is 11.0. The van der Waals surface area contributed by atoms with E-state index in [-0.39, 0.29) is 5.97 Å². The second-order valence-corrected chi connectivity index (χ2v) is 3.50. The minimum Gasteiger partial charge on any atom is -0.467 e. The van der Waals surface area contributed by atoms with Gasteiger partial charge in [0.15, 0.2) is 6.10 Å². The van der Waals surface area contributed by atoms with Gasteiger partial charge >= 0.3 is 5.97 Å². The minimum absolute atomic E-state index is 0.330. The molecular formula is C12H17NO3. The lowest BCUT2D eigenvalue weighted by atomic mass is 10.1. The Labute approximate surface area is 95.6 Å². The van der Waals surface area contributed by atoms with Crippen LogP contribution in [0.1, 0.15) is 18.9 Å². The quantitative estimate of drug-likeness (QED) is 0.543. The number of ether oxygens (including phenoxy) is 2. The van der Waals surface area contributed by atoms with Gasteiger partial charge in [-0.05, 0) is 37.5 Å². The average molecular weight is 223 g/mol. The number of esters is 1. The second kappa shape index (κ2) is 6.95. The molecule has 88 valence electrons. The number of methoxy groups -OCH3 is 1. The molecule has 0 saturated heterocycles. The molecule has 1 unspecified atom stereocenters. The molecule has 0 aromatic carbocycles. The van der Waals surface area contributed by atoms with E-state index in [1.807, 2.05) is 12.1 Å². The van der Waals surface area contributed by atoms with Crippen molar-refractivity contribution in [1.29, 1.82) is 0 Å². The summed E-state index contributed by atoms with van der Waals surface area (Å²) in [5.74, 6) is -0.330. The van der Waals surface area contributed by atoms with E-state index in [4.69, 9.17) is 4.74 Å². The summed E-state index contributed by atoms with van der Waals surface area (Å²) >= 11 is 0. The number of aryl methyl sites for hydroxylation is 1. The van der Waals surface area contributed by atoms with Crippen LogP contribution >= 0.6 is 0 Å². The molecule has 0 saturated carbocycles. The van der Waals surface area contributed by atoms with Crippen LogP contribution in [0.25, 0.3) is 0 Å². The molecule has 1 aromatic heterocycles. The molecule has 0 bridgehead atoms. The molecule has 1 aromatic rings. The van der Waals surface area contributed by atoms with E-state index in [1.54, 1.807) is 19.3 Å². The van der Waals surface area contributed by atoms with Crippen molar-refractivity contribution in [2.45, 2.75) is 25.9 Å². The largest absolute Gasteiger partial charge is 0.467 e. The summed E-state index contributed by atoms with van der Waals surface area (Å²) in [6.45, 7) is 2.25. The van der Waals surface area contributed by atoms with Crippen molar-refractivity contribution in [2.24, 2.45) is 0 Å². The highest BCUT2D eigenvalue weighted by Crippen LogP contribution is 2.02. The van der Waals surface area contributed by atoms with Crippen LogP contribution in [-0.2, 0) is 20.7 Å². The molecule has 1 rings (SSSR count). The monoisotopic (exact) mass is 223 g/mol. The van der Waals surface area contributed by atoms with Gasteiger partial charge in [-0.25, -0.2) is 4.79 Å². The third kappa shape index (κ3) is 4.40. The predicted octanol–water partition coefficient (Wildman–Crippen LogP) is 1.59. The van der Waals surface area contributed by atoms with Crippen LogP contribution in [0.2, 0.25) is 0 Å². The maximum atomic E-state index is 11.0. The van der Waals surface area contributed by atoms with Gasteiger partial charge in [-0.2, -0.15) is 0 Å². The van der Waals surface area contributed by atoms with Crippen molar-refractivity contribution in [3.63, 3.8) is 0 Å². The summed E-state index contributed by atoms with van der Waals surface area (Å²) in [5.41, 5.74) is 1.23. The van der Waals surface area contributed by atoms with Gasteiger partial charge in [-0.3, -0.25) is 4.98 Å². The molecule has 0 aliphatic heterocycles. The average Bonchev–Trinajstić information content (AvgIpc) is 2.34. The van der Waals surface area contributed by atoms with Gasteiger partial charge in [0.2, 0.25) is 0 Å². The molecule has 1 heterocycles. The number of carbonyl (C=O) groups is 1. The minimum atomic E-state index is -0.484. The van der Waals surface area contributed by atoms with Gasteiger partial charge in [0, 0.05) is 19.0 Å². The van der Waals surface area contributed by atoms with E-state index in [0.29, 0.717) is 6.61 Å². The fraction of sp³-hybridized carbons (Fsp3) is 0.500. The Bertz CT molecular complexity index is 313. The van der Waals surface area contributed by atoms with Crippen LogP contribution in [-0.4, -0.2) is 30.8 Å². The summed E-state index contributed by atoms with van der Waals surface area (Å²) in [6.07, 6.45) is 4.87. The number of rotatable bonds is 6. The van der Waals surface area contributed by atoms with Crippen molar-refractivity contribution in [3.8, 4) is 0 Å². The Hall–Kier alpha value is -1.42. The first kappa shape index (κ1) is 12.6. The Kier molecular flexibility index (Phi) is 5.50. The molecule has 0 N–H and O–H groups in total. The third-order valence-corrected chi connectivity index (χ3v) is 2.26. The number of pyridine rings is 1. The maximum Gasteiger partial charge on any atom is 0.334 e. The van der Waals surface area contributed by atoms with E-state index < -0.39 is 6.10 Å². The summed E-state index contributed by atoms with van der Waals surface area (Å²) in [5, 5.41) is 0. The van der Waals surface area contributed by atoms with E-state index in [2.05, 4.69) is 9.72 Å². The first-order valence-corrected chi connectivity index (χ1v) is 5.32. The molecule has 0 aliphatic carbocycles. The highest BCUT2D eigenvalue weighted by Gasteiger charge is 2.12. The van der Waals surface area contributed by atoms with Crippen LogP contribution in [0.15, 0.2) is 24.5 Å². The Morgan fingerprint density at radius 1 is 1.44 bits per heavy atom. The lowest BCUT2D eigenvalue weighted by Gasteiger charge is -2.10. The van der Waals surface area contributed by atoms with Crippen molar-refractivity contribution < 1.29 is 14.3 Å². The molecule has 0 radical (unpaired) electrons. The summed E-state index contributed by atoms with van der Waals surface area (Å²) in [6, 6.07) is 3.95. The Balaban J connectivity index is 2.15. The summed E-state index contributed by atoms with van der Waals surface area (Å²) in [7, 11) is 1.36. The fourth-order valence-corrected chi connectivity index (χ4v) is 1.32. The topological polar surface area (TPSA) is 48.4 Å². The van der Waals surface area contributed by atoms with Gasteiger partial charge < -0.3 is 9.47 Å². The summed E-state index contributed by atoms with van der Waals surface area (Å²) < 4.78 is 9.88. The van der Waals surface area contributed by atoms with E-state index >= 15 is 0 Å². The molecule has 0 amide bonds. The van der Waals surface area contributed by atoms with Gasteiger partial charge in [0.05, 0.1) is 7.11 Å². The zero-order chi connectivity index (χ0) is 11.8. The molecule has 0 spiro atoms. The van der Waals surface area contributed by atoms with Crippen LogP contribution in [0.5, 0.6) is 0 Å².